The summed E-state index contributed by atoms with van der Waals surface area (Å²) in [6, 6.07) is 24.7. The summed E-state index contributed by atoms with van der Waals surface area (Å²) in [5.41, 5.74) is 3.27. The second-order valence-electron chi connectivity index (χ2n) is 6.02. The van der Waals surface area contributed by atoms with Gasteiger partial charge in [-0.25, -0.2) is 4.98 Å². The number of fused-ring (bicyclic) bond motifs is 1. The van der Waals surface area contributed by atoms with Crippen LogP contribution in [0.3, 0.4) is 0 Å². The van der Waals surface area contributed by atoms with Crippen LogP contribution in [-0.2, 0) is 6.18 Å². The lowest BCUT2D eigenvalue weighted by molar-refractivity contribution is -0.137. The Labute approximate surface area is 148 Å². The van der Waals surface area contributed by atoms with Gasteiger partial charge in [0.2, 0.25) is 0 Å². The van der Waals surface area contributed by atoms with E-state index in [0.717, 1.165) is 34.5 Å². The molecule has 1 nitrogen and oxygen atoms in total. The highest BCUT2D eigenvalue weighted by atomic mass is 19.4. The van der Waals surface area contributed by atoms with Crippen LogP contribution in [0.4, 0.5) is 13.2 Å². The first-order chi connectivity index (χ1) is 12.5. The topological polar surface area (TPSA) is 12.9 Å². The van der Waals surface area contributed by atoms with Crippen molar-refractivity contribution >= 4 is 10.9 Å². The van der Waals surface area contributed by atoms with Gasteiger partial charge in [-0.1, -0.05) is 60.7 Å². The van der Waals surface area contributed by atoms with Gasteiger partial charge in [0.1, 0.15) is 0 Å². The van der Waals surface area contributed by atoms with Gasteiger partial charge in [0, 0.05) is 16.5 Å². The maximum atomic E-state index is 13.1. The zero-order valence-electron chi connectivity index (χ0n) is 13.7. The monoisotopic (exact) mass is 349 g/mol. The molecule has 0 N–H and O–H groups in total. The number of alkyl halides is 3. The number of hydrogen-bond donors (Lipinski definition) is 0. The summed E-state index contributed by atoms with van der Waals surface area (Å²) in [7, 11) is 0. The maximum Gasteiger partial charge on any atom is 0.416 e. The van der Waals surface area contributed by atoms with E-state index in [1.807, 2.05) is 60.7 Å². The van der Waals surface area contributed by atoms with Gasteiger partial charge in [-0.05, 0) is 29.8 Å². The predicted molar refractivity (Wildman–Crippen MR) is 97.6 cm³/mol. The van der Waals surface area contributed by atoms with Gasteiger partial charge in [-0.2, -0.15) is 13.2 Å². The van der Waals surface area contributed by atoms with Crippen molar-refractivity contribution in [1.29, 1.82) is 0 Å². The quantitative estimate of drug-likeness (QED) is 0.398. The third-order valence-electron chi connectivity index (χ3n) is 4.27. The summed E-state index contributed by atoms with van der Waals surface area (Å²) in [6.45, 7) is 0. The Kier molecular flexibility index (Phi) is 3.96. The number of halogens is 3. The van der Waals surface area contributed by atoms with Crippen molar-refractivity contribution in [1.82, 2.24) is 4.98 Å². The minimum Gasteiger partial charge on any atom is -0.247 e. The molecule has 26 heavy (non-hydrogen) atoms. The van der Waals surface area contributed by atoms with Crippen LogP contribution in [0.15, 0.2) is 84.9 Å². The molecule has 4 aromatic rings. The van der Waals surface area contributed by atoms with Crippen molar-refractivity contribution in [2.24, 2.45) is 0 Å². The smallest absolute Gasteiger partial charge is 0.247 e. The number of aromatic nitrogens is 1. The van der Waals surface area contributed by atoms with E-state index in [0.29, 0.717) is 10.9 Å². The van der Waals surface area contributed by atoms with E-state index < -0.39 is 11.7 Å². The van der Waals surface area contributed by atoms with Crippen LogP contribution in [0.5, 0.6) is 0 Å². The minimum absolute atomic E-state index is 0.471. The molecule has 4 heteroatoms. The van der Waals surface area contributed by atoms with Crippen LogP contribution in [0, 0.1) is 0 Å². The first-order valence-electron chi connectivity index (χ1n) is 8.15. The van der Waals surface area contributed by atoms with Gasteiger partial charge in [-0.3, -0.25) is 0 Å². The molecule has 1 aromatic heterocycles. The maximum absolute atomic E-state index is 13.1. The largest absolute Gasteiger partial charge is 0.416 e. The molecule has 0 saturated carbocycles. The van der Waals surface area contributed by atoms with E-state index in [1.54, 1.807) is 6.07 Å². The van der Waals surface area contributed by atoms with E-state index in [1.165, 1.54) is 6.07 Å². The van der Waals surface area contributed by atoms with Crippen LogP contribution in [0.25, 0.3) is 33.3 Å². The molecule has 1 heterocycles. The Balaban J connectivity index is 2.00. The van der Waals surface area contributed by atoms with Crippen LogP contribution in [0.1, 0.15) is 5.56 Å². The van der Waals surface area contributed by atoms with Crippen molar-refractivity contribution in [2.75, 3.05) is 0 Å². The highest BCUT2D eigenvalue weighted by molar-refractivity contribution is 5.91. The standard InChI is InChI=1S/C22H14F3N/c23-22(24,25)18-11-12-20-17(13-18)14-19(15-7-3-1-4-8-15)21(26-20)16-9-5-2-6-10-16/h1-14H. The second kappa shape index (κ2) is 6.30. The van der Waals surface area contributed by atoms with Gasteiger partial charge >= 0.3 is 6.18 Å². The number of nitrogens with zero attached hydrogens (tertiary/aromatic N) is 1. The fraction of sp³-hybridized carbons (Fsp3) is 0.0455. The van der Waals surface area contributed by atoms with Crippen LogP contribution in [-0.4, -0.2) is 4.98 Å². The third-order valence-corrected chi connectivity index (χ3v) is 4.27. The van der Waals surface area contributed by atoms with Gasteiger partial charge in [0.15, 0.2) is 0 Å². The summed E-state index contributed by atoms with van der Waals surface area (Å²) in [4.78, 5) is 4.68. The molecule has 0 aliphatic rings. The summed E-state index contributed by atoms with van der Waals surface area (Å²) in [5, 5.41) is 0.471. The highest BCUT2D eigenvalue weighted by Gasteiger charge is 2.30. The molecule has 0 fully saturated rings. The molecule has 128 valence electrons. The summed E-state index contributed by atoms with van der Waals surface area (Å²) < 4.78 is 39.2. The van der Waals surface area contributed by atoms with Gasteiger partial charge in [-0.15, -0.1) is 0 Å². The number of pyridine rings is 1. The van der Waals surface area contributed by atoms with E-state index in [2.05, 4.69) is 4.98 Å². The average Bonchev–Trinajstić information content (AvgIpc) is 2.67. The molecule has 0 aliphatic carbocycles. The molecule has 0 unspecified atom stereocenters. The molecular formula is C22H14F3N. The highest BCUT2D eigenvalue weighted by Crippen LogP contribution is 2.36. The van der Waals surface area contributed by atoms with Gasteiger partial charge in [0.25, 0.3) is 0 Å². The first-order valence-corrected chi connectivity index (χ1v) is 8.15. The molecular weight excluding hydrogens is 335 g/mol. The fourth-order valence-electron chi connectivity index (χ4n) is 3.01. The molecule has 0 saturated heterocycles. The number of rotatable bonds is 2. The van der Waals surface area contributed by atoms with Crippen LogP contribution >= 0.6 is 0 Å². The summed E-state index contributed by atoms with van der Waals surface area (Å²) >= 11 is 0. The molecule has 0 amide bonds. The van der Waals surface area contributed by atoms with E-state index >= 15 is 0 Å². The lowest BCUT2D eigenvalue weighted by Gasteiger charge is -2.13. The Morgan fingerprint density at radius 1 is 0.654 bits per heavy atom. The average molecular weight is 349 g/mol. The molecule has 0 atom stereocenters. The third kappa shape index (κ3) is 3.06. The van der Waals surface area contributed by atoms with E-state index in [9.17, 15) is 13.2 Å². The lowest BCUT2D eigenvalue weighted by Crippen LogP contribution is -2.04. The molecule has 0 aliphatic heterocycles. The summed E-state index contributed by atoms with van der Waals surface area (Å²) in [6.07, 6.45) is -4.38. The second-order valence-corrected chi connectivity index (χ2v) is 6.02. The first kappa shape index (κ1) is 16.3. The van der Waals surface area contributed by atoms with Crippen molar-refractivity contribution in [3.63, 3.8) is 0 Å². The normalized spacial score (nSPS) is 11.7. The van der Waals surface area contributed by atoms with Crippen molar-refractivity contribution in [3.8, 4) is 22.4 Å². The molecule has 0 bridgehead atoms. The minimum atomic E-state index is -4.38. The van der Waals surface area contributed by atoms with Crippen LogP contribution < -0.4 is 0 Å². The Morgan fingerprint density at radius 3 is 1.88 bits per heavy atom. The Bertz CT molecular complexity index is 1060. The molecule has 3 aromatic carbocycles. The zero-order chi connectivity index (χ0) is 18.1. The number of hydrogen-bond acceptors (Lipinski definition) is 1. The van der Waals surface area contributed by atoms with Crippen molar-refractivity contribution < 1.29 is 13.2 Å². The molecule has 4 rings (SSSR count). The summed E-state index contributed by atoms with van der Waals surface area (Å²) in [5.74, 6) is 0. The molecule has 0 spiro atoms. The van der Waals surface area contributed by atoms with E-state index in [4.69, 9.17) is 0 Å². The van der Waals surface area contributed by atoms with E-state index in [-0.39, 0.29) is 0 Å². The Morgan fingerprint density at radius 2 is 1.27 bits per heavy atom. The van der Waals surface area contributed by atoms with Gasteiger partial charge in [0.05, 0.1) is 16.8 Å². The van der Waals surface area contributed by atoms with Crippen molar-refractivity contribution in [2.45, 2.75) is 6.18 Å². The predicted octanol–water partition coefficient (Wildman–Crippen LogP) is 6.59. The molecule has 0 radical (unpaired) electrons. The van der Waals surface area contributed by atoms with Gasteiger partial charge < -0.3 is 0 Å². The Hall–Kier alpha value is -3.14. The number of benzene rings is 3. The zero-order valence-corrected chi connectivity index (χ0v) is 13.7. The van der Waals surface area contributed by atoms with Crippen molar-refractivity contribution in [3.05, 3.63) is 90.5 Å². The van der Waals surface area contributed by atoms with Crippen LogP contribution in [0.2, 0.25) is 0 Å². The lowest BCUT2D eigenvalue weighted by atomic mass is 9.97. The fourth-order valence-corrected chi connectivity index (χ4v) is 3.01. The SMILES string of the molecule is FC(F)(F)c1ccc2nc(-c3ccccc3)c(-c3ccccc3)cc2c1.